The number of para-hydroxylation sites is 1. The molecule has 3 aromatic rings. The minimum absolute atomic E-state index is 0.303. The first kappa shape index (κ1) is 17.9. The molecule has 2 amide bonds. The van der Waals surface area contributed by atoms with E-state index in [9.17, 15) is 14.0 Å². The molecule has 4 rings (SSSR count). The van der Waals surface area contributed by atoms with Crippen molar-refractivity contribution in [2.45, 2.75) is 12.5 Å². The molecule has 7 heteroatoms. The van der Waals surface area contributed by atoms with Gasteiger partial charge in [0, 0.05) is 18.1 Å². The maximum atomic E-state index is 13.9. The largest absolute Gasteiger partial charge is 0.453 e. The summed E-state index contributed by atoms with van der Waals surface area (Å²) in [6.07, 6.45) is 1.53. The number of pyridine rings is 1. The fourth-order valence-corrected chi connectivity index (χ4v) is 3.59. The van der Waals surface area contributed by atoms with Gasteiger partial charge < -0.3 is 10.1 Å². The smallest absolute Gasteiger partial charge is 0.410 e. The molecule has 0 bridgehead atoms. The zero-order valence-electron chi connectivity index (χ0n) is 15.2. The standard InChI is InChI=1S/C21H18FN3O3/c1-28-21(27)25-11-9-13-7-8-15(22)12-16(13)19(25)20(26)24-17-6-2-4-14-5-3-10-23-18(14)17/h2-8,10,12,19H,9,11H2,1H3,(H,24,26). The Kier molecular flexibility index (Phi) is 4.65. The summed E-state index contributed by atoms with van der Waals surface area (Å²) in [5.41, 5.74) is 2.45. The molecule has 1 aromatic heterocycles. The fraction of sp³-hybridized carbons (Fsp3) is 0.190. The maximum Gasteiger partial charge on any atom is 0.410 e. The molecule has 0 spiro atoms. The van der Waals surface area contributed by atoms with Crippen molar-refractivity contribution in [2.24, 2.45) is 0 Å². The monoisotopic (exact) mass is 379 g/mol. The first-order valence-electron chi connectivity index (χ1n) is 8.86. The second-order valence-corrected chi connectivity index (χ2v) is 6.53. The average molecular weight is 379 g/mol. The van der Waals surface area contributed by atoms with Crippen LogP contribution in [0.15, 0.2) is 54.7 Å². The van der Waals surface area contributed by atoms with E-state index >= 15 is 0 Å². The number of benzene rings is 2. The SMILES string of the molecule is COC(=O)N1CCc2ccc(F)cc2C1C(=O)Nc1cccc2cccnc12. The average Bonchev–Trinajstić information content (AvgIpc) is 2.72. The van der Waals surface area contributed by atoms with E-state index in [0.717, 1.165) is 10.9 Å². The number of ether oxygens (including phenoxy) is 1. The zero-order chi connectivity index (χ0) is 19.7. The Balaban J connectivity index is 1.74. The lowest BCUT2D eigenvalue weighted by Gasteiger charge is -2.35. The van der Waals surface area contributed by atoms with Gasteiger partial charge in [-0.2, -0.15) is 0 Å². The highest BCUT2D eigenvalue weighted by Gasteiger charge is 2.37. The second kappa shape index (κ2) is 7.26. The van der Waals surface area contributed by atoms with Crippen LogP contribution in [0.4, 0.5) is 14.9 Å². The number of hydrogen-bond acceptors (Lipinski definition) is 4. The second-order valence-electron chi connectivity index (χ2n) is 6.53. The predicted molar refractivity (Wildman–Crippen MR) is 102 cm³/mol. The van der Waals surface area contributed by atoms with Crippen molar-refractivity contribution in [3.05, 3.63) is 71.7 Å². The normalized spacial score (nSPS) is 15.8. The molecule has 2 aromatic carbocycles. The number of aromatic nitrogens is 1. The number of halogens is 1. The number of rotatable bonds is 2. The van der Waals surface area contributed by atoms with Gasteiger partial charge in [-0.15, -0.1) is 0 Å². The zero-order valence-corrected chi connectivity index (χ0v) is 15.2. The van der Waals surface area contributed by atoms with Gasteiger partial charge in [0.05, 0.1) is 18.3 Å². The number of fused-ring (bicyclic) bond motifs is 2. The minimum Gasteiger partial charge on any atom is -0.453 e. The summed E-state index contributed by atoms with van der Waals surface area (Å²) in [6.45, 7) is 0.303. The molecule has 1 atom stereocenters. The van der Waals surface area contributed by atoms with Crippen LogP contribution in [0.5, 0.6) is 0 Å². The van der Waals surface area contributed by atoms with E-state index in [1.165, 1.54) is 24.1 Å². The molecular weight excluding hydrogens is 361 g/mol. The Morgan fingerprint density at radius 2 is 2.04 bits per heavy atom. The van der Waals surface area contributed by atoms with Crippen molar-refractivity contribution < 1.29 is 18.7 Å². The molecule has 6 nitrogen and oxygen atoms in total. The molecule has 1 unspecified atom stereocenters. The first-order chi connectivity index (χ1) is 13.6. The lowest BCUT2D eigenvalue weighted by Crippen LogP contribution is -2.45. The number of hydrogen-bond donors (Lipinski definition) is 1. The van der Waals surface area contributed by atoms with Crippen LogP contribution in [0.2, 0.25) is 0 Å². The van der Waals surface area contributed by atoms with Crippen LogP contribution in [0, 0.1) is 5.82 Å². The van der Waals surface area contributed by atoms with E-state index in [1.54, 1.807) is 18.3 Å². The van der Waals surface area contributed by atoms with Crippen LogP contribution in [0.3, 0.4) is 0 Å². The van der Waals surface area contributed by atoms with Gasteiger partial charge in [0.1, 0.15) is 11.9 Å². The van der Waals surface area contributed by atoms with Crippen LogP contribution in [-0.4, -0.2) is 35.5 Å². The van der Waals surface area contributed by atoms with Gasteiger partial charge in [0.25, 0.3) is 5.91 Å². The van der Waals surface area contributed by atoms with Crippen molar-refractivity contribution in [3.63, 3.8) is 0 Å². The first-order valence-corrected chi connectivity index (χ1v) is 8.86. The van der Waals surface area contributed by atoms with Crippen molar-refractivity contribution >= 4 is 28.6 Å². The topological polar surface area (TPSA) is 71.5 Å². The molecule has 28 heavy (non-hydrogen) atoms. The molecule has 0 saturated carbocycles. The highest BCUT2D eigenvalue weighted by Crippen LogP contribution is 2.32. The lowest BCUT2D eigenvalue weighted by molar-refractivity contribution is -0.121. The summed E-state index contributed by atoms with van der Waals surface area (Å²) in [4.78, 5) is 31.1. The van der Waals surface area contributed by atoms with Crippen LogP contribution in [0.1, 0.15) is 17.2 Å². The number of methoxy groups -OCH3 is 1. The van der Waals surface area contributed by atoms with Gasteiger partial charge in [0.2, 0.25) is 0 Å². The van der Waals surface area contributed by atoms with Crippen LogP contribution in [-0.2, 0) is 16.0 Å². The minimum atomic E-state index is -0.995. The Morgan fingerprint density at radius 3 is 2.86 bits per heavy atom. The molecule has 0 aliphatic carbocycles. The summed E-state index contributed by atoms with van der Waals surface area (Å²) in [5, 5.41) is 3.73. The lowest BCUT2D eigenvalue weighted by atomic mass is 9.92. The van der Waals surface area contributed by atoms with Gasteiger partial charge >= 0.3 is 6.09 Å². The van der Waals surface area contributed by atoms with E-state index in [2.05, 4.69) is 10.3 Å². The van der Waals surface area contributed by atoms with E-state index in [-0.39, 0.29) is 0 Å². The summed E-state index contributed by atoms with van der Waals surface area (Å²) in [6, 6.07) is 12.5. The Morgan fingerprint density at radius 1 is 1.21 bits per heavy atom. The van der Waals surface area contributed by atoms with E-state index < -0.39 is 23.9 Å². The summed E-state index contributed by atoms with van der Waals surface area (Å²) in [7, 11) is 1.26. The molecule has 1 N–H and O–H groups in total. The molecular formula is C21H18FN3O3. The van der Waals surface area contributed by atoms with Crippen molar-refractivity contribution in [1.82, 2.24) is 9.88 Å². The van der Waals surface area contributed by atoms with Crippen molar-refractivity contribution in [1.29, 1.82) is 0 Å². The van der Waals surface area contributed by atoms with Gasteiger partial charge in [0.15, 0.2) is 0 Å². The van der Waals surface area contributed by atoms with Crippen LogP contribution < -0.4 is 5.32 Å². The fourth-order valence-electron chi connectivity index (χ4n) is 3.59. The predicted octanol–water partition coefficient (Wildman–Crippen LogP) is 3.68. The molecule has 0 saturated heterocycles. The van der Waals surface area contributed by atoms with Crippen molar-refractivity contribution in [3.8, 4) is 0 Å². The Labute approximate surface area is 160 Å². The van der Waals surface area contributed by atoms with Crippen molar-refractivity contribution in [2.75, 3.05) is 19.0 Å². The number of nitrogens with one attached hydrogen (secondary N) is 1. The molecule has 1 aliphatic rings. The van der Waals surface area contributed by atoms with Crippen LogP contribution >= 0.6 is 0 Å². The summed E-state index contributed by atoms with van der Waals surface area (Å²) in [5.74, 6) is -0.912. The third kappa shape index (κ3) is 3.15. The van der Waals surface area contributed by atoms with E-state index in [1.807, 2.05) is 24.3 Å². The quantitative estimate of drug-likeness (QED) is 0.737. The molecule has 0 fully saturated rings. The van der Waals surface area contributed by atoms with Gasteiger partial charge in [-0.25, -0.2) is 9.18 Å². The highest BCUT2D eigenvalue weighted by molar-refractivity contribution is 6.03. The molecule has 0 radical (unpaired) electrons. The highest BCUT2D eigenvalue weighted by atomic mass is 19.1. The van der Waals surface area contributed by atoms with Crippen LogP contribution in [0.25, 0.3) is 10.9 Å². The maximum absolute atomic E-state index is 13.9. The third-order valence-electron chi connectivity index (χ3n) is 4.88. The summed E-state index contributed by atoms with van der Waals surface area (Å²) >= 11 is 0. The number of anilines is 1. The van der Waals surface area contributed by atoms with E-state index in [4.69, 9.17) is 4.74 Å². The van der Waals surface area contributed by atoms with Gasteiger partial charge in [-0.3, -0.25) is 14.7 Å². The van der Waals surface area contributed by atoms with Gasteiger partial charge in [-0.1, -0.05) is 24.3 Å². The number of amides is 2. The Hall–Kier alpha value is -3.48. The molecule has 142 valence electrons. The summed E-state index contributed by atoms with van der Waals surface area (Å²) < 4.78 is 18.7. The molecule has 1 aliphatic heterocycles. The third-order valence-corrected chi connectivity index (χ3v) is 4.88. The molecule has 2 heterocycles. The van der Waals surface area contributed by atoms with E-state index in [0.29, 0.717) is 29.7 Å². The Bertz CT molecular complexity index is 1060. The number of nitrogens with zero attached hydrogens (tertiary/aromatic N) is 2. The number of carbonyl (C=O) groups excluding carboxylic acids is 2. The van der Waals surface area contributed by atoms with Gasteiger partial charge in [-0.05, 0) is 41.8 Å². The number of carbonyl (C=O) groups is 2.